The Hall–Kier alpha value is -0.700. The van der Waals surface area contributed by atoms with Gasteiger partial charge in [0.15, 0.2) is 10.2 Å². The molecular weight excluding hydrogens is 318 g/mol. The summed E-state index contributed by atoms with van der Waals surface area (Å²) >= 11 is 10.5. The van der Waals surface area contributed by atoms with Gasteiger partial charge in [-0.3, -0.25) is 10.9 Å². The van der Waals surface area contributed by atoms with Gasteiger partial charge in [0.1, 0.15) is 13.1 Å². The second kappa shape index (κ2) is 10.1. The minimum absolute atomic E-state index is 0.502. The number of rotatable bonds is 4. The van der Waals surface area contributed by atoms with Gasteiger partial charge in [-0.15, -0.1) is 0 Å². The van der Waals surface area contributed by atoms with E-state index >= 15 is 0 Å². The number of ether oxygens (including phenoxy) is 1. The molecule has 6 nitrogen and oxygen atoms in total. The molecule has 1 aliphatic carbocycles. The molecule has 1 saturated heterocycles. The van der Waals surface area contributed by atoms with Gasteiger partial charge in [0.25, 0.3) is 0 Å². The summed E-state index contributed by atoms with van der Waals surface area (Å²) in [6.07, 6.45) is 6.32. The highest BCUT2D eigenvalue weighted by Crippen LogP contribution is 2.16. The molecule has 0 bridgehead atoms. The Balaban J connectivity index is 1.50. The van der Waals surface area contributed by atoms with E-state index in [1.165, 1.54) is 32.1 Å². The maximum absolute atomic E-state index is 5.34. The molecule has 126 valence electrons. The van der Waals surface area contributed by atoms with Crippen LogP contribution >= 0.6 is 24.4 Å². The van der Waals surface area contributed by atoms with E-state index < -0.39 is 0 Å². The molecule has 0 aromatic heterocycles. The van der Waals surface area contributed by atoms with E-state index in [1.807, 2.05) is 0 Å². The molecule has 0 aromatic rings. The summed E-state index contributed by atoms with van der Waals surface area (Å²) in [7, 11) is 0. The van der Waals surface area contributed by atoms with Gasteiger partial charge in [-0.1, -0.05) is 19.3 Å². The van der Waals surface area contributed by atoms with Crippen molar-refractivity contribution in [2.45, 2.75) is 38.1 Å². The minimum atomic E-state index is 0.502. The lowest BCUT2D eigenvalue weighted by molar-refractivity contribution is -0.906. The molecule has 5 N–H and O–H groups in total. The summed E-state index contributed by atoms with van der Waals surface area (Å²) in [4.78, 5) is 1.56. The van der Waals surface area contributed by atoms with Crippen molar-refractivity contribution in [2.75, 3.05) is 39.4 Å². The number of hydrazine groups is 1. The van der Waals surface area contributed by atoms with Gasteiger partial charge in [-0.25, -0.2) is 0 Å². The zero-order valence-electron chi connectivity index (χ0n) is 13.1. The van der Waals surface area contributed by atoms with Crippen LogP contribution in [0.5, 0.6) is 0 Å². The summed E-state index contributed by atoms with van der Waals surface area (Å²) in [6.45, 7) is 5.79. The van der Waals surface area contributed by atoms with Gasteiger partial charge in [-0.05, 0) is 37.3 Å². The fourth-order valence-corrected chi connectivity index (χ4v) is 3.26. The second-order valence-electron chi connectivity index (χ2n) is 5.93. The number of thiocarbonyl (C=S) groups is 2. The number of quaternary nitrogens is 1. The van der Waals surface area contributed by atoms with Crippen LogP contribution in [0.4, 0.5) is 0 Å². The average molecular weight is 347 g/mol. The monoisotopic (exact) mass is 346 g/mol. The maximum Gasteiger partial charge on any atom is 0.185 e. The van der Waals surface area contributed by atoms with Crippen LogP contribution in [-0.2, 0) is 4.74 Å². The molecule has 2 fully saturated rings. The molecule has 22 heavy (non-hydrogen) atoms. The Labute approximate surface area is 143 Å². The number of hydrogen-bond acceptors (Lipinski definition) is 3. The van der Waals surface area contributed by atoms with E-state index in [1.54, 1.807) is 4.90 Å². The third kappa shape index (κ3) is 7.04. The third-order valence-corrected chi connectivity index (χ3v) is 4.66. The van der Waals surface area contributed by atoms with Gasteiger partial charge >= 0.3 is 0 Å². The summed E-state index contributed by atoms with van der Waals surface area (Å²) in [5.74, 6) is 0. The van der Waals surface area contributed by atoms with Crippen LogP contribution in [-0.4, -0.2) is 55.7 Å². The normalized spacial score (nSPS) is 20.2. The molecule has 0 amide bonds. The van der Waals surface area contributed by atoms with Crippen molar-refractivity contribution in [3.63, 3.8) is 0 Å². The molecule has 8 heteroatoms. The zero-order valence-corrected chi connectivity index (χ0v) is 14.7. The zero-order chi connectivity index (χ0) is 15.6. The summed E-state index contributed by atoms with van der Waals surface area (Å²) in [6, 6.07) is 0.502. The van der Waals surface area contributed by atoms with E-state index in [4.69, 9.17) is 29.2 Å². The van der Waals surface area contributed by atoms with Gasteiger partial charge < -0.3 is 20.3 Å². The molecule has 0 spiro atoms. The van der Waals surface area contributed by atoms with Gasteiger partial charge in [0.2, 0.25) is 0 Å². The third-order valence-electron chi connectivity index (χ3n) is 4.19. The molecule has 2 rings (SSSR count). The van der Waals surface area contributed by atoms with Crippen LogP contribution in [0, 0.1) is 0 Å². The Morgan fingerprint density at radius 3 is 2.41 bits per heavy atom. The predicted molar refractivity (Wildman–Crippen MR) is 95.9 cm³/mol. The Morgan fingerprint density at radius 2 is 1.68 bits per heavy atom. The van der Waals surface area contributed by atoms with Crippen LogP contribution in [0.2, 0.25) is 0 Å². The lowest BCUT2D eigenvalue weighted by atomic mass is 9.96. The number of hydrogen-bond donors (Lipinski definition) is 5. The molecule has 1 aliphatic heterocycles. The van der Waals surface area contributed by atoms with Crippen LogP contribution in [0.15, 0.2) is 0 Å². The van der Waals surface area contributed by atoms with Crippen molar-refractivity contribution in [1.29, 1.82) is 0 Å². The quantitative estimate of drug-likeness (QED) is 0.333. The molecule has 1 heterocycles. The van der Waals surface area contributed by atoms with E-state index in [0.717, 1.165) is 39.4 Å². The second-order valence-corrected chi connectivity index (χ2v) is 6.74. The van der Waals surface area contributed by atoms with E-state index in [9.17, 15) is 0 Å². The highest BCUT2D eigenvalue weighted by Gasteiger charge is 2.14. The average Bonchev–Trinajstić information content (AvgIpc) is 2.55. The molecule has 0 aromatic carbocycles. The lowest BCUT2D eigenvalue weighted by Crippen LogP contribution is -3.14. The first-order valence-electron chi connectivity index (χ1n) is 8.25. The standard InChI is InChI=1S/C14H27N5OS2/c21-13(15-6-7-19-8-10-20-11-9-19)17-18-14(22)16-12-4-2-1-3-5-12/h12H,1-11H2,(H2,15,17,21)(H2,16,18,22)/p+1. The van der Waals surface area contributed by atoms with Crippen molar-refractivity contribution in [1.82, 2.24) is 21.5 Å². The Kier molecular flexibility index (Phi) is 8.14. The van der Waals surface area contributed by atoms with Crippen molar-refractivity contribution >= 4 is 34.7 Å². The summed E-state index contributed by atoms with van der Waals surface area (Å²) < 4.78 is 5.34. The van der Waals surface area contributed by atoms with E-state index in [2.05, 4.69) is 21.5 Å². The SMILES string of the molecule is S=C(NCC[NH+]1CCOCC1)NNC(=S)NC1CCCCC1. The topological polar surface area (TPSA) is 61.8 Å². The molecule has 0 unspecified atom stereocenters. The molecule has 0 radical (unpaired) electrons. The van der Waals surface area contributed by atoms with Crippen LogP contribution in [0.1, 0.15) is 32.1 Å². The summed E-state index contributed by atoms with van der Waals surface area (Å²) in [5.41, 5.74) is 5.90. The van der Waals surface area contributed by atoms with Crippen molar-refractivity contribution < 1.29 is 9.64 Å². The molecule has 0 atom stereocenters. The van der Waals surface area contributed by atoms with Crippen molar-refractivity contribution in [3.8, 4) is 0 Å². The highest BCUT2D eigenvalue weighted by atomic mass is 32.1. The molecule has 1 saturated carbocycles. The first-order chi connectivity index (χ1) is 10.7. The van der Waals surface area contributed by atoms with Gasteiger partial charge in [0, 0.05) is 6.04 Å². The van der Waals surface area contributed by atoms with E-state index in [-0.39, 0.29) is 0 Å². The number of morpholine rings is 1. The van der Waals surface area contributed by atoms with Crippen LogP contribution < -0.4 is 26.4 Å². The van der Waals surface area contributed by atoms with Crippen LogP contribution in [0.25, 0.3) is 0 Å². The lowest BCUT2D eigenvalue weighted by Gasteiger charge is -2.25. The van der Waals surface area contributed by atoms with Crippen LogP contribution in [0.3, 0.4) is 0 Å². The van der Waals surface area contributed by atoms with E-state index in [0.29, 0.717) is 16.3 Å². The first-order valence-corrected chi connectivity index (χ1v) is 9.07. The van der Waals surface area contributed by atoms with Gasteiger partial charge in [-0.2, -0.15) is 0 Å². The van der Waals surface area contributed by atoms with Gasteiger partial charge in [0.05, 0.1) is 26.3 Å². The fraction of sp³-hybridized carbons (Fsp3) is 0.857. The number of nitrogens with one attached hydrogen (secondary N) is 5. The minimum Gasteiger partial charge on any atom is -0.370 e. The molecule has 2 aliphatic rings. The largest absolute Gasteiger partial charge is 0.370 e. The highest BCUT2D eigenvalue weighted by molar-refractivity contribution is 7.80. The first kappa shape index (κ1) is 17.7. The Morgan fingerprint density at radius 1 is 1.00 bits per heavy atom. The molecular formula is C14H28N5OS2+. The Bertz CT molecular complexity index is 357. The summed E-state index contributed by atoms with van der Waals surface area (Å²) in [5, 5.41) is 7.74. The van der Waals surface area contributed by atoms with Crippen molar-refractivity contribution in [3.05, 3.63) is 0 Å². The fourth-order valence-electron chi connectivity index (χ4n) is 2.89. The smallest absolute Gasteiger partial charge is 0.185 e. The maximum atomic E-state index is 5.34. The van der Waals surface area contributed by atoms with Crippen molar-refractivity contribution in [2.24, 2.45) is 0 Å². The predicted octanol–water partition coefficient (Wildman–Crippen LogP) is -0.923.